The highest BCUT2D eigenvalue weighted by molar-refractivity contribution is 7.89. The van der Waals surface area contributed by atoms with Crippen molar-refractivity contribution in [2.75, 3.05) is 26.9 Å². The van der Waals surface area contributed by atoms with E-state index in [1.54, 1.807) is 0 Å². The summed E-state index contributed by atoms with van der Waals surface area (Å²) >= 11 is 0. The van der Waals surface area contributed by atoms with E-state index in [4.69, 9.17) is 9.47 Å². The predicted molar refractivity (Wildman–Crippen MR) is 64.6 cm³/mol. The molecule has 106 valence electrons. The molecule has 0 aromatic carbocycles. The minimum Gasteiger partial charge on any atom is -0.378 e. The largest absolute Gasteiger partial charge is 0.378 e. The van der Waals surface area contributed by atoms with Gasteiger partial charge in [-0.1, -0.05) is 0 Å². The summed E-state index contributed by atoms with van der Waals surface area (Å²) in [6.07, 6.45) is 1.80. The Morgan fingerprint density at radius 2 is 2.42 bits per heavy atom. The Hall–Kier alpha value is -1.09. The summed E-state index contributed by atoms with van der Waals surface area (Å²) in [5, 5.41) is -0.611. The van der Waals surface area contributed by atoms with E-state index in [-0.39, 0.29) is 6.54 Å². The molecule has 1 atom stereocenters. The number of aromatic nitrogens is 1. The topological polar surface area (TPSA) is 77.5 Å². The SMILES string of the molecule is COC1(CNS(=O)(=O)c2ncccc2F)CCOC1. The van der Waals surface area contributed by atoms with Crippen LogP contribution in [0.3, 0.4) is 0 Å². The van der Waals surface area contributed by atoms with E-state index in [2.05, 4.69) is 9.71 Å². The lowest BCUT2D eigenvalue weighted by Crippen LogP contribution is -2.45. The zero-order valence-corrected chi connectivity index (χ0v) is 11.2. The first-order valence-corrected chi connectivity index (χ1v) is 7.20. The highest BCUT2D eigenvalue weighted by atomic mass is 32.2. The summed E-state index contributed by atoms with van der Waals surface area (Å²) in [7, 11) is -2.51. The molecule has 1 aromatic heterocycles. The van der Waals surface area contributed by atoms with Crippen LogP contribution in [0.4, 0.5) is 4.39 Å². The average Bonchev–Trinajstić information content (AvgIpc) is 2.86. The second kappa shape index (κ2) is 5.49. The second-order valence-corrected chi connectivity index (χ2v) is 5.99. The van der Waals surface area contributed by atoms with Gasteiger partial charge >= 0.3 is 0 Å². The molecule has 0 saturated carbocycles. The molecule has 1 N–H and O–H groups in total. The third kappa shape index (κ3) is 3.08. The molecule has 0 amide bonds. The summed E-state index contributed by atoms with van der Waals surface area (Å²) in [4.78, 5) is 3.55. The molecule has 19 heavy (non-hydrogen) atoms. The van der Waals surface area contributed by atoms with Crippen molar-refractivity contribution in [2.45, 2.75) is 17.0 Å². The van der Waals surface area contributed by atoms with Crippen LogP contribution in [-0.4, -0.2) is 45.9 Å². The van der Waals surface area contributed by atoms with Gasteiger partial charge in [-0.05, 0) is 12.1 Å². The summed E-state index contributed by atoms with van der Waals surface area (Å²) in [6.45, 7) is 0.825. The maximum absolute atomic E-state index is 13.4. The van der Waals surface area contributed by atoms with Gasteiger partial charge in [0, 0.05) is 32.9 Å². The Bertz CT molecular complexity index is 543. The van der Waals surface area contributed by atoms with Crippen LogP contribution in [0.25, 0.3) is 0 Å². The lowest BCUT2D eigenvalue weighted by Gasteiger charge is -2.25. The number of halogens is 1. The van der Waals surface area contributed by atoms with Crippen LogP contribution in [0.5, 0.6) is 0 Å². The van der Waals surface area contributed by atoms with E-state index in [0.717, 1.165) is 6.07 Å². The van der Waals surface area contributed by atoms with E-state index >= 15 is 0 Å². The van der Waals surface area contributed by atoms with Crippen LogP contribution in [0, 0.1) is 5.82 Å². The summed E-state index contributed by atoms with van der Waals surface area (Å²) < 4.78 is 50.1. The molecule has 1 aliphatic heterocycles. The van der Waals surface area contributed by atoms with Crippen molar-refractivity contribution in [1.82, 2.24) is 9.71 Å². The maximum Gasteiger partial charge on any atom is 0.261 e. The molecule has 1 fully saturated rings. The Morgan fingerprint density at radius 1 is 1.63 bits per heavy atom. The molecule has 0 aliphatic carbocycles. The van der Waals surface area contributed by atoms with Crippen molar-refractivity contribution in [3.8, 4) is 0 Å². The fraction of sp³-hybridized carbons (Fsp3) is 0.545. The normalized spacial score (nSPS) is 23.7. The number of hydrogen-bond donors (Lipinski definition) is 1. The molecule has 8 heteroatoms. The fourth-order valence-corrected chi connectivity index (χ4v) is 2.94. The van der Waals surface area contributed by atoms with E-state index in [1.165, 1.54) is 19.4 Å². The smallest absolute Gasteiger partial charge is 0.261 e. The van der Waals surface area contributed by atoms with Gasteiger partial charge in [0.15, 0.2) is 5.82 Å². The monoisotopic (exact) mass is 290 g/mol. The third-order valence-corrected chi connectivity index (χ3v) is 4.40. The zero-order valence-electron chi connectivity index (χ0n) is 10.4. The highest BCUT2D eigenvalue weighted by Gasteiger charge is 2.36. The Morgan fingerprint density at radius 3 is 3.00 bits per heavy atom. The molecule has 1 unspecified atom stereocenters. The molecule has 2 heterocycles. The van der Waals surface area contributed by atoms with E-state index in [1.807, 2.05) is 0 Å². The number of ether oxygens (including phenoxy) is 2. The molecule has 1 saturated heterocycles. The number of pyridine rings is 1. The summed E-state index contributed by atoms with van der Waals surface area (Å²) in [5.74, 6) is -0.885. The summed E-state index contributed by atoms with van der Waals surface area (Å²) in [5.41, 5.74) is -0.696. The minimum absolute atomic E-state index is 0.0157. The van der Waals surface area contributed by atoms with E-state index in [0.29, 0.717) is 19.6 Å². The number of hydrogen-bond acceptors (Lipinski definition) is 5. The number of rotatable bonds is 5. The molecular formula is C11H15FN2O4S. The Kier molecular flexibility index (Phi) is 4.14. The third-order valence-electron chi connectivity index (χ3n) is 3.06. The average molecular weight is 290 g/mol. The van der Waals surface area contributed by atoms with Crippen molar-refractivity contribution in [1.29, 1.82) is 0 Å². The first-order chi connectivity index (χ1) is 8.99. The minimum atomic E-state index is -4.00. The van der Waals surface area contributed by atoms with Crippen LogP contribution < -0.4 is 4.72 Å². The number of nitrogens with one attached hydrogen (secondary N) is 1. The van der Waals surface area contributed by atoms with E-state index in [9.17, 15) is 12.8 Å². The van der Waals surface area contributed by atoms with E-state index < -0.39 is 26.5 Å². The maximum atomic E-state index is 13.4. The standard InChI is InChI=1S/C11H15FN2O4S/c1-17-11(4-6-18-8-11)7-14-19(15,16)10-9(12)3-2-5-13-10/h2-3,5,14H,4,6-8H2,1H3. The van der Waals surface area contributed by atoms with Gasteiger partial charge in [-0.2, -0.15) is 0 Å². The van der Waals surface area contributed by atoms with Gasteiger partial charge in [-0.15, -0.1) is 0 Å². The number of methoxy groups -OCH3 is 1. The number of nitrogens with zero attached hydrogens (tertiary/aromatic N) is 1. The highest BCUT2D eigenvalue weighted by Crippen LogP contribution is 2.22. The molecule has 0 spiro atoms. The molecule has 2 rings (SSSR count). The zero-order chi connectivity index (χ0) is 13.9. The number of sulfonamides is 1. The van der Waals surface area contributed by atoms with Gasteiger partial charge in [-0.3, -0.25) is 0 Å². The van der Waals surface area contributed by atoms with Crippen LogP contribution in [-0.2, 0) is 19.5 Å². The first kappa shape index (κ1) is 14.3. The van der Waals surface area contributed by atoms with Crippen molar-refractivity contribution < 1.29 is 22.3 Å². The van der Waals surface area contributed by atoms with Crippen LogP contribution >= 0.6 is 0 Å². The lowest BCUT2D eigenvalue weighted by atomic mass is 10.0. The quantitative estimate of drug-likeness (QED) is 0.844. The summed E-state index contributed by atoms with van der Waals surface area (Å²) in [6, 6.07) is 2.38. The second-order valence-electron chi connectivity index (χ2n) is 4.30. The van der Waals surface area contributed by atoms with Crippen molar-refractivity contribution in [2.24, 2.45) is 0 Å². The van der Waals surface area contributed by atoms with Gasteiger partial charge in [0.05, 0.1) is 6.61 Å². The fourth-order valence-electron chi connectivity index (χ4n) is 1.82. The van der Waals surface area contributed by atoms with Crippen molar-refractivity contribution in [3.63, 3.8) is 0 Å². The Balaban J connectivity index is 2.12. The van der Waals surface area contributed by atoms with Crippen LogP contribution in [0.2, 0.25) is 0 Å². The van der Waals surface area contributed by atoms with Gasteiger partial charge in [0.2, 0.25) is 5.03 Å². The lowest BCUT2D eigenvalue weighted by molar-refractivity contribution is -0.0121. The van der Waals surface area contributed by atoms with Crippen molar-refractivity contribution >= 4 is 10.0 Å². The van der Waals surface area contributed by atoms with Gasteiger partial charge in [0.25, 0.3) is 10.0 Å². The molecule has 1 aromatic rings. The molecule has 1 aliphatic rings. The van der Waals surface area contributed by atoms with Crippen molar-refractivity contribution in [3.05, 3.63) is 24.1 Å². The van der Waals surface area contributed by atoms with Gasteiger partial charge < -0.3 is 9.47 Å². The van der Waals surface area contributed by atoms with Gasteiger partial charge in [-0.25, -0.2) is 22.5 Å². The molecule has 6 nitrogen and oxygen atoms in total. The Labute approximate surface area is 111 Å². The molecule has 0 radical (unpaired) electrons. The first-order valence-electron chi connectivity index (χ1n) is 5.72. The van der Waals surface area contributed by atoms with Crippen LogP contribution in [0.1, 0.15) is 6.42 Å². The molecular weight excluding hydrogens is 275 g/mol. The molecule has 0 bridgehead atoms. The van der Waals surface area contributed by atoms with Crippen LogP contribution in [0.15, 0.2) is 23.4 Å². The predicted octanol–water partition coefficient (Wildman–Crippen LogP) is 0.304. The van der Waals surface area contributed by atoms with Gasteiger partial charge in [0.1, 0.15) is 5.60 Å².